The maximum absolute atomic E-state index is 14.2. The molecule has 1 aromatic carbocycles. The van der Waals surface area contributed by atoms with E-state index in [0.717, 1.165) is 11.3 Å². The van der Waals surface area contributed by atoms with Crippen molar-refractivity contribution in [3.63, 3.8) is 0 Å². The van der Waals surface area contributed by atoms with E-state index in [1.54, 1.807) is 31.5 Å². The highest BCUT2D eigenvalue weighted by atomic mass is 19.1. The summed E-state index contributed by atoms with van der Waals surface area (Å²) >= 11 is 0. The molecule has 3 aromatic heterocycles. The van der Waals surface area contributed by atoms with Crippen molar-refractivity contribution < 1.29 is 13.9 Å². The number of hydrogen-bond donors (Lipinski definition) is 2. The lowest BCUT2D eigenvalue weighted by atomic mass is 10.1. The summed E-state index contributed by atoms with van der Waals surface area (Å²) in [7, 11) is 1.50. The fourth-order valence-corrected chi connectivity index (χ4v) is 3.79. The molecule has 1 aliphatic heterocycles. The minimum Gasteiger partial charge on any atom is -0.467 e. The van der Waals surface area contributed by atoms with Crippen LogP contribution in [0.1, 0.15) is 21.6 Å². The lowest BCUT2D eigenvalue weighted by Gasteiger charge is -2.20. The largest absolute Gasteiger partial charge is 0.467 e. The minimum absolute atomic E-state index is 0.149. The molecule has 0 radical (unpaired) electrons. The van der Waals surface area contributed by atoms with Crippen LogP contribution in [0.3, 0.4) is 0 Å². The highest BCUT2D eigenvalue weighted by Crippen LogP contribution is 2.32. The molecule has 0 saturated heterocycles. The van der Waals surface area contributed by atoms with Crippen LogP contribution in [0.4, 0.5) is 10.1 Å². The van der Waals surface area contributed by atoms with Crippen LogP contribution in [0, 0.1) is 12.7 Å². The van der Waals surface area contributed by atoms with Gasteiger partial charge in [-0.15, -0.1) is 0 Å². The number of nitrogens with zero attached hydrogens (tertiary/aromatic N) is 4. The summed E-state index contributed by atoms with van der Waals surface area (Å²) in [5, 5.41) is 2.87. The topological polar surface area (TPSA) is 94.0 Å². The number of anilines is 1. The van der Waals surface area contributed by atoms with Crippen molar-refractivity contribution in [1.29, 1.82) is 0 Å². The quantitative estimate of drug-likeness (QED) is 0.529. The van der Waals surface area contributed by atoms with Crippen LogP contribution in [0.25, 0.3) is 22.3 Å². The number of methoxy groups -OCH3 is 1. The molecule has 0 saturated carbocycles. The first-order valence-corrected chi connectivity index (χ1v) is 9.78. The van der Waals surface area contributed by atoms with E-state index in [1.807, 2.05) is 16.8 Å². The van der Waals surface area contributed by atoms with Gasteiger partial charge in [0.25, 0.3) is 5.91 Å². The van der Waals surface area contributed by atoms with E-state index in [-0.39, 0.29) is 17.7 Å². The van der Waals surface area contributed by atoms with Crippen molar-refractivity contribution >= 4 is 22.6 Å². The van der Waals surface area contributed by atoms with Crippen molar-refractivity contribution in [2.45, 2.75) is 13.3 Å². The van der Waals surface area contributed by atoms with E-state index in [4.69, 9.17) is 4.74 Å². The summed E-state index contributed by atoms with van der Waals surface area (Å²) in [6.07, 6.45) is 3.88. The number of nitrogens with one attached hydrogen (secondary N) is 2. The van der Waals surface area contributed by atoms with Gasteiger partial charge in [0.1, 0.15) is 16.9 Å². The van der Waals surface area contributed by atoms with E-state index in [1.165, 1.54) is 13.2 Å². The number of fused-ring (bicyclic) bond motifs is 2. The molecule has 0 spiro atoms. The predicted molar refractivity (Wildman–Crippen MR) is 114 cm³/mol. The van der Waals surface area contributed by atoms with Crippen molar-refractivity contribution in [3.8, 4) is 17.3 Å². The number of amides is 1. The zero-order valence-corrected chi connectivity index (χ0v) is 16.9. The van der Waals surface area contributed by atoms with E-state index in [2.05, 4.69) is 25.7 Å². The maximum atomic E-state index is 14.2. The Morgan fingerprint density at radius 1 is 1.23 bits per heavy atom. The van der Waals surface area contributed by atoms with Crippen LogP contribution in [0.5, 0.6) is 6.01 Å². The molecular formula is C22H19FN6O2. The Morgan fingerprint density at radius 3 is 2.94 bits per heavy atom. The lowest BCUT2D eigenvalue weighted by molar-refractivity contribution is 0.0945. The van der Waals surface area contributed by atoms with E-state index in [0.29, 0.717) is 46.5 Å². The molecule has 0 aliphatic carbocycles. The molecule has 0 fully saturated rings. The van der Waals surface area contributed by atoms with Crippen molar-refractivity contribution in [2.75, 3.05) is 19.1 Å². The number of carbonyl (C=O) groups excluding carboxylic acids is 1. The molecule has 8 nitrogen and oxygen atoms in total. The summed E-state index contributed by atoms with van der Waals surface area (Å²) in [5.41, 5.74) is 8.41. The average Bonchev–Trinajstić information content (AvgIpc) is 3.15. The number of hydrogen-bond acceptors (Lipinski definition) is 6. The third-order valence-corrected chi connectivity index (χ3v) is 5.41. The summed E-state index contributed by atoms with van der Waals surface area (Å²) < 4.78 is 21.2. The number of rotatable bonds is 4. The van der Waals surface area contributed by atoms with E-state index in [9.17, 15) is 9.18 Å². The van der Waals surface area contributed by atoms with Crippen molar-refractivity contribution in [3.05, 3.63) is 65.4 Å². The maximum Gasteiger partial charge on any atom is 0.316 e. The first kappa shape index (κ1) is 19.0. The number of ether oxygens (including phenoxy) is 1. The fourth-order valence-electron chi connectivity index (χ4n) is 3.79. The number of carbonyl (C=O) groups is 1. The second-order valence-corrected chi connectivity index (χ2v) is 7.20. The van der Waals surface area contributed by atoms with Gasteiger partial charge >= 0.3 is 6.01 Å². The average molecular weight is 418 g/mol. The Balaban J connectivity index is 1.75. The number of halogens is 1. The van der Waals surface area contributed by atoms with Gasteiger partial charge in [0.05, 0.1) is 35.9 Å². The molecule has 0 bridgehead atoms. The van der Waals surface area contributed by atoms with Crippen molar-refractivity contribution in [2.24, 2.45) is 0 Å². The molecule has 0 unspecified atom stereocenters. The van der Waals surface area contributed by atoms with E-state index < -0.39 is 0 Å². The molecule has 0 atom stereocenters. The van der Waals surface area contributed by atoms with Crippen LogP contribution in [0.15, 0.2) is 42.7 Å². The van der Waals surface area contributed by atoms with Gasteiger partial charge in [-0.05, 0) is 31.2 Å². The Hall–Kier alpha value is -4.01. The molecule has 2 N–H and O–H groups in total. The SMILES string of the molecule is COc1ncc2nccc(-c3cc4c(n3Nc3cccc(F)c3C)CCNC4=O)c2n1. The molecular weight excluding hydrogens is 399 g/mol. The van der Waals surface area contributed by atoms with Gasteiger partial charge in [0.2, 0.25) is 0 Å². The molecule has 4 aromatic rings. The molecule has 4 heterocycles. The monoisotopic (exact) mass is 418 g/mol. The minimum atomic E-state index is -0.308. The lowest BCUT2D eigenvalue weighted by Crippen LogP contribution is -2.33. The van der Waals surface area contributed by atoms with Gasteiger partial charge in [0.15, 0.2) is 0 Å². The van der Waals surface area contributed by atoms with Crippen LogP contribution in [0.2, 0.25) is 0 Å². The summed E-state index contributed by atoms with van der Waals surface area (Å²) in [5.74, 6) is -0.457. The van der Waals surface area contributed by atoms with Crippen LogP contribution >= 0.6 is 0 Å². The summed E-state index contributed by atoms with van der Waals surface area (Å²) in [4.78, 5) is 25.5. The van der Waals surface area contributed by atoms with Gasteiger partial charge < -0.3 is 10.1 Å². The zero-order chi connectivity index (χ0) is 21.5. The Bertz CT molecular complexity index is 1330. The van der Waals surface area contributed by atoms with Gasteiger partial charge in [-0.25, -0.2) is 9.37 Å². The van der Waals surface area contributed by atoms with Crippen LogP contribution in [-0.2, 0) is 6.42 Å². The third-order valence-electron chi connectivity index (χ3n) is 5.41. The molecule has 1 aliphatic rings. The molecule has 156 valence electrons. The Kier molecular flexibility index (Phi) is 4.50. The number of benzene rings is 1. The van der Waals surface area contributed by atoms with Gasteiger partial charge in [-0.1, -0.05) is 6.07 Å². The fraction of sp³-hybridized carbons (Fsp3) is 0.182. The predicted octanol–water partition coefficient (Wildman–Crippen LogP) is 3.11. The molecule has 1 amide bonds. The van der Waals surface area contributed by atoms with Gasteiger partial charge in [-0.2, -0.15) is 4.98 Å². The second kappa shape index (κ2) is 7.35. The Morgan fingerprint density at radius 2 is 2.10 bits per heavy atom. The van der Waals surface area contributed by atoms with Crippen LogP contribution < -0.4 is 15.5 Å². The number of aromatic nitrogens is 4. The highest BCUT2D eigenvalue weighted by molar-refractivity contribution is 5.99. The third kappa shape index (κ3) is 3.14. The first-order chi connectivity index (χ1) is 15.1. The van der Waals surface area contributed by atoms with E-state index >= 15 is 0 Å². The zero-order valence-electron chi connectivity index (χ0n) is 16.9. The highest BCUT2D eigenvalue weighted by Gasteiger charge is 2.26. The smallest absolute Gasteiger partial charge is 0.316 e. The number of pyridine rings is 1. The second-order valence-electron chi connectivity index (χ2n) is 7.20. The van der Waals surface area contributed by atoms with Crippen molar-refractivity contribution in [1.82, 2.24) is 24.9 Å². The van der Waals surface area contributed by atoms with Crippen LogP contribution in [-0.4, -0.2) is 39.2 Å². The molecule has 9 heteroatoms. The van der Waals surface area contributed by atoms with Gasteiger partial charge in [0, 0.05) is 30.3 Å². The summed E-state index contributed by atoms with van der Waals surface area (Å²) in [6, 6.07) is 8.72. The standard InChI is InChI=1S/C22H19FN6O2/c1-12-15(23)4-3-5-16(12)28-29-18-7-9-25-21(30)14(18)10-19(29)13-6-8-24-17-11-26-22(31-2)27-20(13)17/h3-6,8,10-11,28H,7,9H2,1-2H3,(H,25,30). The normalized spacial score (nSPS) is 13.1. The molecule has 31 heavy (non-hydrogen) atoms. The first-order valence-electron chi connectivity index (χ1n) is 9.78. The summed E-state index contributed by atoms with van der Waals surface area (Å²) in [6.45, 7) is 2.23. The molecule has 5 rings (SSSR count). The van der Waals surface area contributed by atoms with Gasteiger partial charge in [-0.3, -0.25) is 19.9 Å². The Labute approximate surface area is 177 Å².